The molecule has 160 valence electrons. The van der Waals surface area contributed by atoms with E-state index in [1.54, 1.807) is 4.90 Å². The molecule has 0 radical (unpaired) electrons. The number of fused-ring (bicyclic) bond motifs is 2. The minimum atomic E-state index is -0.573. The SMILES string of the molecule is O=C1CCC(N2Cc3ccc(CNCC4NCCc5ccccc54)cc3C2=O)C(=O)N1. The number of piperidine rings is 1. The van der Waals surface area contributed by atoms with Gasteiger partial charge in [0.15, 0.2) is 0 Å². The molecule has 0 aromatic heterocycles. The molecule has 7 heteroatoms. The second kappa shape index (κ2) is 8.24. The summed E-state index contributed by atoms with van der Waals surface area (Å²) in [5.41, 5.74) is 5.39. The largest absolute Gasteiger partial charge is 0.322 e. The second-order valence-electron chi connectivity index (χ2n) is 8.48. The van der Waals surface area contributed by atoms with Gasteiger partial charge in [0.05, 0.1) is 0 Å². The van der Waals surface area contributed by atoms with Crippen molar-refractivity contribution in [1.82, 2.24) is 20.9 Å². The number of benzene rings is 2. The van der Waals surface area contributed by atoms with Gasteiger partial charge in [-0.25, -0.2) is 0 Å². The summed E-state index contributed by atoms with van der Waals surface area (Å²) in [7, 11) is 0. The molecule has 3 aliphatic heterocycles. The average Bonchev–Trinajstić information content (AvgIpc) is 3.10. The molecule has 7 nitrogen and oxygen atoms in total. The van der Waals surface area contributed by atoms with Crippen molar-refractivity contribution in [3.05, 3.63) is 70.3 Å². The molecular formula is C24H26N4O3. The summed E-state index contributed by atoms with van der Waals surface area (Å²) in [6, 6.07) is 14.2. The van der Waals surface area contributed by atoms with Crippen LogP contribution >= 0.6 is 0 Å². The van der Waals surface area contributed by atoms with Gasteiger partial charge in [-0.15, -0.1) is 0 Å². The van der Waals surface area contributed by atoms with Crippen LogP contribution in [0.3, 0.4) is 0 Å². The van der Waals surface area contributed by atoms with Crippen LogP contribution in [0.15, 0.2) is 42.5 Å². The Morgan fingerprint density at radius 2 is 1.90 bits per heavy atom. The molecule has 2 unspecified atom stereocenters. The maximum Gasteiger partial charge on any atom is 0.255 e. The monoisotopic (exact) mass is 418 g/mol. The van der Waals surface area contributed by atoms with E-state index >= 15 is 0 Å². The van der Waals surface area contributed by atoms with Crippen molar-refractivity contribution in [1.29, 1.82) is 0 Å². The molecule has 5 rings (SSSR count). The molecule has 1 saturated heterocycles. The number of carbonyl (C=O) groups excluding carboxylic acids is 3. The van der Waals surface area contributed by atoms with Crippen LogP contribution in [-0.4, -0.2) is 41.8 Å². The lowest BCUT2D eigenvalue weighted by atomic mass is 9.94. The number of hydrogen-bond acceptors (Lipinski definition) is 5. The summed E-state index contributed by atoms with van der Waals surface area (Å²) in [6.45, 7) is 2.87. The molecule has 2 atom stereocenters. The second-order valence-corrected chi connectivity index (χ2v) is 8.48. The maximum atomic E-state index is 13.0. The van der Waals surface area contributed by atoms with E-state index in [9.17, 15) is 14.4 Å². The van der Waals surface area contributed by atoms with Crippen LogP contribution in [0.1, 0.15) is 51.5 Å². The predicted octanol–water partition coefficient (Wildman–Crippen LogP) is 1.42. The smallest absolute Gasteiger partial charge is 0.255 e. The molecule has 31 heavy (non-hydrogen) atoms. The number of nitrogens with one attached hydrogen (secondary N) is 3. The van der Waals surface area contributed by atoms with Gasteiger partial charge >= 0.3 is 0 Å². The Hall–Kier alpha value is -3.03. The number of amides is 3. The molecule has 2 aromatic rings. The average molecular weight is 418 g/mol. The molecular weight excluding hydrogens is 392 g/mol. The van der Waals surface area contributed by atoms with Gasteiger partial charge in [-0.05, 0) is 47.7 Å². The molecule has 3 heterocycles. The Bertz CT molecular complexity index is 1050. The first-order valence-corrected chi connectivity index (χ1v) is 10.9. The summed E-state index contributed by atoms with van der Waals surface area (Å²) in [4.78, 5) is 38.2. The van der Waals surface area contributed by atoms with Gasteiger partial charge < -0.3 is 15.5 Å². The summed E-state index contributed by atoms with van der Waals surface area (Å²) < 4.78 is 0. The van der Waals surface area contributed by atoms with Crippen LogP contribution in [-0.2, 0) is 29.1 Å². The van der Waals surface area contributed by atoms with Crippen molar-refractivity contribution in [2.75, 3.05) is 13.1 Å². The highest BCUT2D eigenvalue weighted by atomic mass is 16.2. The molecule has 3 aliphatic rings. The number of imide groups is 1. The van der Waals surface area contributed by atoms with Gasteiger partial charge in [-0.3, -0.25) is 19.7 Å². The predicted molar refractivity (Wildman–Crippen MR) is 115 cm³/mol. The van der Waals surface area contributed by atoms with Crippen LogP contribution in [0.4, 0.5) is 0 Å². The zero-order valence-electron chi connectivity index (χ0n) is 17.3. The van der Waals surface area contributed by atoms with E-state index < -0.39 is 6.04 Å². The maximum absolute atomic E-state index is 13.0. The van der Waals surface area contributed by atoms with E-state index in [0.717, 1.165) is 30.6 Å². The standard InChI is InChI=1S/C24H26N4O3/c29-22-8-7-21(23(30)27-22)28-14-17-6-5-15(11-19(17)24(28)31)12-25-13-20-18-4-2-1-3-16(18)9-10-26-20/h1-6,11,20-21,25-26H,7-10,12-14H2,(H,27,29,30). The Kier molecular flexibility index (Phi) is 5.29. The van der Waals surface area contributed by atoms with E-state index in [-0.39, 0.29) is 30.2 Å². The van der Waals surface area contributed by atoms with Gasteiger partial charge in [0.2, 0.25) is 11.8 Å². The Labute approximate surface area is 181 Å². The molecule has 1 fully saturated rings. The molecule has 0 bridgehead atoms. The van der Waals surface area contributed by atoms with Crippen molar-refractivity contribution in [3.8, 4) is 0 Å². The molecule has 0 aliphatic carbocycles. The van der Waals surface area contributed by atoms with Gasteiger partial charge in [0.1, 0.15) is 6.04 Å². The highest BCUT2D eigenvalue weighted by molar-refractivity contribution is 6.05. The Morgan fingerprint density at radius 3 is 2.77 bits per heavy atom. The van der Waals surface area contributed by atoms with Crippen LogP contribution in [0.2, 0.25) is 0 Å². The quantitative estimate of drug-likeness (QED) is 0.639. The van der Waals surface area contributed by atoms with Crippen molar-refractivity contribution >= 4 is 17.7 Å². The number of rotatable bonds is 5. The fourth-order valence-corrected chi connectivity index (χ4v) is 4.85. The van der Waals surface area contributed by atoms with E-state index in [0.29, 0.717) is 25.1 Å². The van der Waals surface area contributed by atoms with Crippen LogP contribution in [0.5, 0.6) is 0 Å². The molecule has 0 spiro atoms. The van der Waals surface area contributed by atoms with E-state index in [1.165, 1.54) is 11.1 Å². The zero-order valence-corrected chi connectivity index (χ0v) is 17.3. The molecule has 3 amide bonds. The summed E-state index contributed by atoms with van der Waals surface area (Å²) in [5.74, 6) is -0.775. The summed E-state index contributed by atoms with van der Waals surface area (Å²) in [5, 5.41) is 9.43. The number of carbonyl (C=O) groups is 3. The Morgan fingerprint density at radius 1 is 1.03 bits per heavy atom. The third kappa shape index (κ3) is 3.86. The topological polar surface area (TPSA) is 90.5 Å². The van der Waals surface area contributed by atoms with Gasteiger partial charge in [-0.1, -0.05) is 36.4 Å². The lowest BCUT2D eigenvalue weighted by Gasteiger charge is -2.29. The minimum absolute atomic E-state index is 0.130. The summed E-state index contributed by atoms with van der Waals surface area (Å²) in [6.07, 6.45) is 1.71. The molecule has 3 N–H and O–H groups in total. The highest BCUT2D eigenvalue weighted by Crippen LogP contribution is 2.28. The first-order chi connectivity index (χ1) is 15.1. The first kappa shape index (κ1) is 19.9. The minimum Gasteiger partial charge on any atom is -0.322 e. The zero-order chi connectivity index (χ0) is 21.4. The molecule has 2 aromatic carbocycles. The van der Waals surface area contributed by atoms with E-state index in [2.05, 4.69) is 40.2 Å². The lowest BCUT2D eigenvalue weighted by molar-refractivity contribution is -0.136. The fourth-order valence-electron chi connectivity index (χ4n) is 4.85. The van der Waals surface area contributed by atoms with Crippen molar-refractivity contribution < 1.29 is 14.4 Å². The van der Waals surface area contributed by atoms with Crippen molar-refractivity contribution in [2.45, 2.75) is 44.4 Å². The third-order valence-corrected chi connectivity index (χ3v) is 6.49. The lowest BCUT2D eigenvalue weighted by Crippen LogP contribution is -2.52. The van der Waals surface area contributed by atoms with E-state index in [4.69, 9.17) is 0 Å². The number of nitrogens with zero attached hydrogens (tertiary/aromatic N) is 1. The summed E-state index contributed by atoms with van der Waals surface area (Å²) >= 11 is 0. The van der Waals surface area contributed by atoms with Gasteiger partial charge in [0, 0.05) is 37.7 Å². The van der Waals surface area contributed by atoms with Crippen molar-refractivity contribution in [3.63, 3.8) is 0 Å². The molecule has 0 saturated carbocycles. The van der Waals surface area contributed by atoms with Crippen LogP contribution in [0.25, 0.3) is 0 Å². The van der Waals surface area contributed by atoms with E-state index in [1.807, 2.05) is 18.2 Å². The highest BCUT2D eigenvalue weighted by Gasteiger charge is 2.39. The van der Waals surface area contributed by atoms with Gasteiger partial charge in [0.25, 0.3) is 5.91 Å². The fraction of sp³-hybridized carbons (Fsp3) is 0.375. The normalized spacial score (nSPS) is 22.8. The van der Waals surface area contributed by atoms with Crippen molar-refractivity contribution in [2.24, 2.45) is 0 Å². The first-order valence-electron chi connectivity index (χ1n) is 10.9. The van der Waals surface area contributed by atoms with Gasteiger partial charge in [-0.2, -0.15) is 0 Å². The Balaban J connectivity index is 1.22. The van der Waals surface area contributed by atoms with Crippen LogP contribution < -0.4 is 16.0 Å². The third-order valence-electron chi connectivity index (χ3n) is 6.49. The number of hydrogen-bond donors (Lipinski definition) is 3. The van der Waals surface area contributed by atoms with Crippen LogP contribution in [0, 0.1) is 0 Å².